The van der Waals surface area contributed by atoms with Crippen LogP contribution in [0.3, 0.4) is 0 Å². The van der Waals surface area contributed by atoms with Gasteiger partial charge in [0.15, 0.2) is 11.5 Å². The largest absolute Gasteiger partial charge is 0.488 e. The summed E-state index contributed by atoms with van der Waals surface area (Å²) in [5.74, 6) is 1.76. The SMILES string of the molecule is Cc1ccc(S(=O)(=O)Nc2ccc3c(c2)CC(=O)N([C@H](C)CO)C[C@H](C)[C@H](CN(C)Cc2ccc4c(c2)OCO4)O3)cc1. The summed E-state index contributed by atoms with van der Waals surface area (Å²) in [4.78, 5) is 17.5. The molecule has 2 N–H and O–H groups in total. The third kappa shape index (κ3) is 7.23. The van der Waals surface area contributed by atoms with Crippen molar-refractivity contribution in [2.24, 2.45) is 5.92 Å². The maximum Gasteiger partial charge on any atom is 0.261 e. The van der Waals surface area contributed by atoms with Gasteiger partial charge in [-0.3, -0.25) is 14.4 Å². The van der Waals surface area contributed by atoms with Gasteiger partial charge in [0.05, 0.1) is 24.0 Å². The van der Waals surface area contributed by atoms with Crippen LogP contribution in [0.5, 0.6) is 17.2 Å². The van der Waals surface area contributed by atoms with E-state index in [4.69, 9.17) is 14.2 Å². The molecule has 11 heteroatoms. The number of carbonyl (C=O) groups excluding carboxylic acids is 1. The molecule has 0 spiro atoms. The van der Waals surface area contributed by atoms with Crippen molar-refractivity contribution in [3.8, 4) is 17.2 Å². The number of sulfonamides is 1. The van der Waals surface area contributed by atoms with Crippen molar-refractivity contribution in [1.82, 2.24) is 9.80 Å². The molecule has 0 aromatic heterocycles. The van der Waals surface area contributed by atoms with Gasteiger partial charge in [0, 0.05) is 36.8 Å². The topological polar surface area (TPSA) is 118 Å². The molecule has 43 heavy (non-hydrogen) atoms. The van der Waals surface area contributed by atoms with E-state index in [-0.39, 0.29) is 48.7 Å². The van der Waals surface area contributed by atoms with Crippen molar-refractivity contribution in [1.29, 1.82) is 0 Å². The van der Waals surface area contributed by atoms with Crippen LogP contribution < -0.4 is 18.9 Å². The lowest BCUT2D eigenvalue weighted by Gasteiger charge is -2.34. The van der Waals surface area contributed by atoms with Crippen LogP contribution in [-0.4, -0.2) is 74.9 Å². The molecule has 3 atom stereocenters. The molecule has 230 valence electrons. The summed E-state index contributed by atoms with van der Waals surface area (Å²) >= 11 is 0. The van der Waals surface area contributed by atoms with E-state index >= 15 is 0 Å². The Kier molecular flexibility index (Phi) is 9.14. The summed E-state index contributed by atoms with van der Waals surface area (Å²) in [5.41, 5.74) is 2.93. The van der Waals surface area contributed by atoms with E-state index < -0.39 is 10.0 Å². The number of carbonyl (C=O) groups is 1. The third-order valence-corrected chi connectivity index (χ3v) is 9.28. The highest BCUT2D eigenvalue weighted by Crippen LogP contribution is 2.33. The maximum absolute atomic E-state index is 13.5. The number of hydrogen-bond acceptors (Lipinski definition) is 8. The van der Waals surface area contributed by atoms with Gasteiger partial charge in [-0.25, -0.2) is 8.42 Å². The monoisotopic (exact) mass is 609 g/mol. The molecular weight excluding hydrogens is 570 g/mol. The number of ether oxygens (including phenoxy) is 3. The molecule has 2 aliphatic heterocycles. The number of amides is 1. The molecule has 0 aliphatic carbocycles. The predicted octanol–water partition coefficient (Wildman–Crippen LogP) is 3.81. The number of aryl methyl sites for hydroxylation is 1. The average molecular weight is 610 g/mol. The Morgan fingerprint density at radius 1 is 1.05 bits per heavy atom. The molecule has 2 aliphatic rings. The Morgan fingerprint density at radius 2 is 1.77 bits per heavy atom. The molecule has 0 bridgehead atoms. The van der Waals surface area contributed by atoms with E-state index in [1.807, 2.05) is 46.0 Å². The van der Waals surface area contributed by atoms with Crippen LogP contribution in [0.25, 0.3) is 0 Å². The number of rotatable bonds is 9. The molecule has 1 amide bonds. The van der Waals surface area contributed by atoms with E-state index in [1.54, 1.807) is 47.4 Å². The van der Waals surface area contributed by atoms with Gasteiger partial charge in [0.25, 0.3) is 10.0 Å². The number of nitrogens with one attached hydrogen (secondary N) is 1. The second kappa shape index (κ2) is 12.8. The highest BCUT2D eigenvalue weighted by Gasteiger charge is 2.31. The Labute approximate surface area is 253 Å². The van der Waals surface area contributed by atoms with Crippen molar-refractivity contribution in [3.63, 3.8) is 0 Å². The number of fused-ring (bicyclic) bond motifs is 2. The van der Waals surface area contributed by atoms with Gasteiger partial charge >= 0.3 is 0 Å². The Morgan fingerprint density at radius 3 is 2.51 bits per heavy atom. The number of hydrogen-bond donors (Lipinski definition) is 2. The molecule has 0 radical (unpaired) electrons. The zero-order valence-electron chi connectivity index (χ0n) is 24.9. The fourth-order valence-corrected chi connectivity index (χ4v) is 6.41. The fraction of sp³-hybridized carbons (Fsp3) is 0.406. The van der Waals surface area contributed by atoms with Crippen LogP contribution in [0.4, 0.5) is 5.69 Å². The summed E-state index contributed by atoms with van der Waals surface area (Å²) in [5, 5.41) is 9.93. The quantitative estimate of drug-likeness (QED) is 0.376. The van der Waals surface area contributed by atoms with E-state index in [2.05, 4.69) is 9.62 Å². The summed E-state index contributed by atoms with van der Waals surface area (Å²) in [6.07, 6.45) is -0.293. The predicted molar refractivity (Wildman–Crippen MR) is 163 cm³/mol. The Bertz CT molecular complexity index is 1560. The third-order valence-electron chi connectivity index (χ3n) is 7.88. The van der Waals surface area contributed by atoms with Crippen LogP contribution in [0.2, 0.25) is 0 Å². The standard InChI is InChI=1S/C32H39N3O7S/c1-21-5-9-27(10-6-21)43(38,39)33-26-8-12-28-25(14-26)15-32(37)35(23(3)19-36)16-22(2)31(42-28)18-34(4)17-24-7-11-29-30(13-24)41-20-40-29/h5-14,22-23,31,33,36H,15-20H2,1-4H3/t22-,23+,31-/m0/s1. The first-order valence-electron chi connectivity index (χ1n) is 14.4. The summed E-state index contributed by atoms with van der Waals surface area (Å²) in [6, 6.07) is 17.1. The lowest BCUT2D eigenvalue weighted by molar-refractivity contribution is -0.134. The molecule has 0 saturated heterocycles. The normalized spacial score (nSPS) is 19.2. The van der Waals surface area contributed by atoms with Gasteiger partial charge in [0.1, 0.15) is 11.9 Å². The lowest BCUT2D eigenvalue weighted by atomic mass is 10.0. The van der Waals surface area contributed by atoms with E-state index in [1.165, 1.54) is 0 Å². The fourth-order valence-electron chi connectivity index (χ4n) is 5.37. The molecule has 3 aromatic rings. The molecule has 0 saturated carbocycles. The summed E-state index contributed by atoms with van der Waals surface area (Å²) in [6.45, 7) is 7.41. The van der Waals surface area contributed by atoms with Crippen LogP contribution >= 0.6 is 0 Å². The summed E-state index contributed by atoms with van der Waals surface area (Å²) < 4.78 is 46.3. The van der Waals surface area contributed by atoms with Crippen LogP contribution in [-0.2, 0) is 27.8 Å². The van der Waals surface area contributed by atoms with Gasteiger partial charge < -0.3 is 24.2 Å². The smallest absolute Gasteiger partial charge is 0.261 e. The van der Waals surface area contributed by atoms with Crippen molar-refractivity contribution in [2.45, 2.75) is 50.8 Å². The molecule has 5 rings (SSSR count). The van der Waals surface area contributed by atoms with E-state index in [0.29, 0.717) is 36.6 Å². The van der Waals surface area contributed by atoms with Crippen LogP contribution in [0.15, 0.2) is 65.6 Å². The molecule has 2 heterocycles. The van der Waals surface area contributed by atoms with E-state index in [9.17, 15) is 18.3 Å². The second-order valence-electron chi connectivity index (χ2n) is 11.5. The minimum Gasteiger partial charge on any atom is -0.488 e. The molecule has 3 aromatic carbocycles. The van der Waals surface area contributed by atoms with Gasteiger partial charge in [0.2, 0.25) is 12.7 Å². The average Bonchev–Trinajstić information content (AvgIpc) is 3.45. The Hall–Kier alpha value is -3.80. The minimum atomic E-state index is -3.83. The first-order chi connectivity index (χ1) is 20.5. The number of benzene rings is 3. The Balaban J connectivity index is 1.40. The first-order valence-corrected chi connectivity index (χ1v) is 15.9. The molecule has 10 nitrogen and oxygen atoms in total. The van der Waals surface area contributed by atoms with Gasteiger partial charge in [-0.05, 0) is 68.9 Å². The summed E-state index contributed by atoms with van der Waals surface area (Å²) in [7, 11) is -1.82. The lowest BCUT2D eigenvalue weighted by Crippen LogP contribution is -2.47. The van der Waals surface area contributed by atoms with Crippen LogP contribution in [0, 0.1) is 12.8 Å². The highest BCUT2D eigenvalue weighted by atomic mass is 32.2. The number of aliphatic hydroxyl groups excluding tert-OH is 1. The number of anilines is 1. The van der Waals surface area contributed by atoms with E-state index in [0.717, 1.165) is 22.6 Å². The van der Waals surface area contributed by atoms with Crippen molar-refractivity contribution in [2.75, 3.05) is 38.3 Å². The van der Waals surface area contributed by atoms with Crippen molar-refractivity contribution in [3.05, 3.63) is 77.4 Å². The number of aliphatic hydroxyl groups is 1. The molecule has 0 unspecified atom stereocenters. The minimum absolute atomic E-state index is 0.00620. The second-order valence-corrected chi connectivity index (χ2v) is 13.2. The number of likely N-dealkylation sites (N-methyl/N-ethyl adjacent to an activating group) is 1. The van der Waals surface area contributed by atoms with Gasteiger partial charge in [-0.1, -0.05) is 30.7 Å². The maximum atomic E-state index is 13.5. The molecule has 0 fully saturated rings. The van der Waals surface area contributed by atoms with Gasteiger partial charge in [-0.2, -0.15) is 0 Å². The highest BCUT2D eigenvalue weighted by molar-refractivity contribution is 7.92. The van der Waals surface area contributed by atoms with Crippen molar-refractivity contribution < 1.29 is 32.5 Å². The first kappa shape index (κ1) is 30.7. The van der Waals surface area contributed by atoms with Crippen LogP contribution in [0.1, 0.15) is 30.5 Å². The molecular formula is C32H39N3O7S. The number of nitrogens with zero attached hydrogens (tertiary/aromatic N) is 2. The zero-order valence-corrected chi connectivity index (χ0v) is 25.8. The zero-order chi connectivity index (χ0) is 30.7. The van der Waals surface area contributed by atoms with Gasteiger partial charge in [-0.15, -0.1) is 0 Å². The van der Waals surface area contributed by atoms with Crippen molar-refractivity contribution >= 4 is 21.6 Å².